The van der Waals surface area contributed by atoms with Crippen LogP contribution in [-0.2, 0) is 0 Å². The molecule has 0 saturated carbocycles. The summed E-state index contributed by atoms with van der Waals surface area (Å²) in [5.74, 6) is 1.85. The predicted molar refractivity (Wildman–Crippen MR) is 208 cm³/mol. The van der Waals surface area contributed by atoms with Gasteiger partial charge < -0.3 is 4.42 Å². The van der Waals surface area contributed by atoms with Gasteiger partial charge in [0.05, 0.1) is 0 Å². The third-order valence-corrected chi connectivity index (χ3v) is 10.3. The number of aromatic nitrogens is 3. The van der Waals surface area contributed by atoms with Gasteiger partial charge in [-0.05, 0) is 79.2 Å². The average Bonchev–Trinajstić information content (AvgIpc) is 3.74. The molecule has 0 aliphatic heterocycles. The van der Waals surface area contributed by atoms with Gasteiger partial charge in [-0.15, -0.1) is 0 Å². The van der Waals surface area contributed by atoms with Crippen LogP contribution in [0.25, 0.3) is 111 Å². The molecule has 4 nitrogen and oxygen atoms in total. The summed E-state index contributed by atoms with van der Waals surface area (Å²) in [5, 5.41) is 6.96. The van der Waals surface area contributed by atoms with Crippen molar-refractivity contribution >= 4 is 43.5 Å². The molecule has 0 fully saturated rings. The van der Waals surface area contributed by atoms with E-state index in [1.165, 1.54) is 44.2 Å². The maximum atomic E-state index is 6.67. The van der Waals surface area contributed by atoms with Crippen molar-refractivity contribution in [3.8, 4) is 67.5 Å². The van der Waals surface area contributed by atoms with Crippen LogP contribution in [0.2, 0.25) is 0 Å². The largest absolute Gasteiger partial charge is 0.456 e. The van der Waals surface area contributed by atoms with Crippen molar-refractivity contribution in [2.45, 2.75) is 0 Å². The van der Waals surface area contributed by atoms with Crippen LogP contribution < -0.4 is 0 Å². The first kappa shape index (κ1) is 28.0. The lowest BCUT2D eigenvalue weighted by molar-refractivity contribution is 0.669. The second kappa shape index (κ2) is 10.8. The highest BCUT2D eigenvalue weighted by atomic mass is 16.3. The molecule has 10 aromatic rings. The summed E-state index contributed by atoms with van der Waals surface area (Å²) in [7, 11) is 0. The van der Waals surface area contributed by atoms with E-state index in [1.54, 1.807) is 0 Å². The van der Waals surface area contributed by atoms with E-state index in [0.29, 0.717) is 17.5 Å². The molecule has 2 heterocycles. The second-order valence-corrected chi connectivity index (χ2v) is 13.1. The van der Waals surface area contributed by atoms with Crippen LogP contribution >= 0.6 is 0 Å². The Morgan fingerprint density at radius 2 is 0.882 bits per heavy atom. The average molecular weight is 650 g/mol. The molecular weight excluding hydrogens is 623 g/mol. The van der Waals surface area contributed by atoms with Gasteiger partial charge in [-0.1, -0.05) is 140 Å². The molecule has 8 aromatic carbocycles. The maximum absolute atomic E-state index is 6.67. The van der Waals surface area contributed by atoms with Crippen LogP contribution in [0, 0.1) is 0 Å². The van der Waals surface area contributed by atoms with Gasteiger partial charge in [-0.3, -0.25) is 0 Å². The lowest BCUT2D eigenvalue weighted by atomic mass is 9.94. The maximum Gasteiger partial charge on any atom is 0.164 e. The standard InChI is InChI=1S/C47H27N3O/c1-3-12-28(13-4-1)31-24-25-37(34-18-9-7-16-32(31)34)47-49-45(29-14-5-2-6-15-29)48-46(50-47)30-22-23-38-41(26-30)51-42-27-40-35-19-10-8-17-33(35)36-20-11-21-39(43(36)40)44(38)42/h1-27H. The molecule has 0 atom stereocenters. The lowest BCUT2D eigenvalue weighted by Gasteiger charge is -2.13. The fourth-order valence-corrected chi connectivity index (χ4v) is 7.98. The third-order valence-electron chi connectivity index (χ3n) is 10.3. The van der Waals surface area contributed by atoms with Crippen molar-refractivity contribution in [2.75, 3.05) is 0 Å². The highest BCUT2D eigenvalue weighted by Gasteiger charge is 2.25. The summed E-state index contributed by atoms with van der Waals surface area (Å²) in [5.41, 5.74) is 11.8. The van der Waals surface area contributed by atoms with Gasteiger partial charge in [-0.2, -0.15) is 0 Å². The molecule has 1 aliphatic rings. The number of hydrogen-bond donors (Lipinski definition) is 0. The smallest absolute Gasteiger partial charge is 0.164 e. The van der Waals surface area contributed by atoms with Gasteiger partial charge in [0.2, 0.25) is 0 Å². The zero-order valence-corrected chi connectivity index (χ0v) is 27.3. The number of furan rings is 1. The fraction of sp³-hybridized carbons (Fsp3) is 0. The molecule has 0 bridgehead atoms. The lowest BCUT2D eigenvalue weighted by Crippen LogP contribution is -2.00. The minimum Gasteiger partial charge on any atom is -0.456 e. The van der Waals surface area contributed by atoms with Crippen LogP contribution in [0.5, 0.6) is 0 Å². The zero-order chi connectivity index (χ0) is 33.5. The number of nitrogens with zero attached hydrogens (tertiary/aromatic N) is 3. The van der Waals surface area contributed by atoms with Crippen molar-refractivity contribution in [1.29, 1.82) is 0 Å². The quantitative estimate of drug-likeness (QED) is 0.190. The van der Waals surface area contributed by atoms with Gasteiger partial charge in [0, 0.05) is 27.5 Å². The van der Waals surface area contributed by atoms with E-state index in [4.69, 9.17) is 19.4 Å². The molecular formula is C47H27N3O. The number of hydrogen-bond acceptors (Lipinski definition) is 4. The summed E-state index contributed by atoms with van der Waals surface area (Å²) in [6.45, 7) is 0. The molecule has 0 saturated heterocycles. The van der Waals surface area contributed by atoms with E-state index in [1.807, 2.05) is 36.4 Å². The van der Waals surface area contributed by atoms with Crippen molar-refractivity contribution in [1.82, 2.24) is 15.0 Å². The summed E-state index contributed by atoms with van der Waals surface area (Å²) in [6, 6.07) is 57.2. The van der Waals surface area contributed by atoms with Gasteiger partial charge in [0.1, 0.15) is 11.2 Å². The highest BCUT2D eigenvalue weighted by Crippen LogP contribution is 2.50. The monoisotopic (exact) mass is 649 g/mol. The molecule has 0 amide bonds. The first-order chi connectivity index (χ1) is 25.3. The van der Waals surface area contributed by atoms with E-state index >= 15 is 0 Å². The highest BCUT2D eigenvalue weighted by molar-refractivity contribution is 6.28. The number of fused-ring (bicyclic) bond motifs is 8. The minimum atomic E-state index is 0.598. The Morgan fingerprint density at radius 3 is 1.67 bits per heavy atom. The van der Waals surface area contributed by atoms with Gasteiger partial charge in [0.25, 0.3) is 0 Å². The zero-order valence-electron chi connectivity index (χ0n) is 27.3. The Bertz CT molecular complexity index is 3020. The van der Waals surface area contributed by atoms with Crippen LogP contribution in [0.15, 0.2) is 168 Å². The van der Waals surface area contributed by atoms with Crippen LogP contribution in [0.3, 0.4) is 0 Å². The van der Waals surface area contributed by atoms with Crippen LogP contribution in [0.1, 0.15) is 0 Å². The van der Waals surface area contributed by atoms with Crippen molar-refractivity contribution in [2.24, 2.45) is 0 Å². The molecule has 2 aromatic heterocycles. The van der Waals surface area contributed by atoms with Crippen LogP contribution in [-0.4, -0.2) is 15.0 Å². The molecule has 4 heteroatoms. The predicted octanol–water partition coefficient (Wildman–Crippen LogP) is 12.4. The molecule has 236 valence electrons. The summed E-state index contributed by atoms with van der Waals surface area (Å²) >= 11 is 0. The first-order valence-corrected chi connectivity index (χ1v) is 17.2. The number of rotatable bonds is 4. The Hall–Kier alpha value is -6.91. The SMILES string of the molecule is c1ccc(-c2nc(-c3ccc4c(c3)oc3cc5c6c(cccc6c34)-c3ccccc3-5)nc(-c3ccc(-c4ccccc4)c4ccccc34)n2)cc1. The van der Waals surface area contributed by atoms with E-state index in [-0.39, 0.29) is 0 Å². The number of benzene rings is 8. The Kier molecular flexibility index (Phi) is 5.92. The minimum absolute atomic E-state index is 0.598. The van der Waals surface area contributed by atoms with Gasteiger partial charge in [0.15, 0.2) is 17.5 Å². The van der Waals surface area contributed by atoms with Crippen LogP contribution in [0.4, 0.5) is 0 Å². The Balaban J connectivity index is 1.11. The van der Waals surface area contributed by atoms with Crippen molar-refractivity contribution in [3.05, 3.63) is 164 Å². The Morgan fingerprint density at radius 1 is 0.294 bits per heavy atom. The molecule has 51 heavy (non-hydrogen) atoms. The molecule has 11 rings (SSSR count). The van der Waals surface area contributed by atoms with E-state index < -0.39 is 0 Å². The van der Waals surface area contributed by atoms with E-state index in [9.17, 15) is 0 Å². The Labute approximate surface area is 293 Å². The summed E-state index contributed by atoms with van der Waals surface area (Å²) in [6.07, 6.45) is 0. The topological polar surface area (TPSA) is 51.8 Å². The molecule has 0 radical (unpaired) electrons. The van der Waals surface area contributed by atoms with Gasteiger partial charge >= 0.3 is 0 Å². The van der Waals surface area contributed by atoms with Gasteiger partial charge in [-0.25, -0.2) is 15.0 Å². The van der Waals surface area contributed by atoms with Crippen molar-refractivity contribution in [3.63, 3.8) is 0 Å². The second-order valence-electron chi connectivity index (χ2n) is 13.1. The van der Waals surface area contributed by atoms with E-state index in [2.05, 4.69) is 127 Å². The summed E-state index contributed by atoms with van der Waals surface area (Å²) in [4.78, 5) is 15.3. The third kappa shape index (κ3) is 4.23. The summed E-state index contributed by atoms with van der Waals surface area (Å²) < 4.78 is 6.67. The van der Waals surface area contributed by atoms with Crippen molar-refractivity contribution < 1.29 is 4.42 Å². The molecule has 0 spiro atoms. The first-order valence-electron chi connectivity index (χ1n) is 17.2. The molecule has 0 unspecified atom stereocenters. The van der Waals surface area contributed by atoms with E-state index in [0.717, 1.165) is 49.4 Å². The molecule has 0 N–H and O–H groups in total. The molecule has 1 aliphatic carbocycles. The fourth-order valence-electron chi connectivity index (χ4n) is 7.98. The normalized spacial score (nSPS) is 11.9.